The maximum absolute atomic E-state index is 13.2. The molecule has 1 amide bonds. The number of carbonyl (C=O) groups is 1. The van der Waals surface area contributed by atoms with E-state index in [0.29, 0.717) is 21.7 Å². The summed E-state index contributed by atoms with van der Waals surface area (Å²) in [6, 6.07) is 11.3. The average molecular weight is 490 g/mol. The van der Waals surface area contributed by atoms with Gasteiger partial charge in [0.1, 0.15) is 0 Å². The van der Waals surface area contributed by atoms with Crippen LogP contribution in [-0.4, -0.2) is 55.2 Å². The first-order valence-corrected chi connectivity index (χ1v) is 12.2. The lowest BCUT2D eigenvalue weighted by molar-refractivity contribution is -0.114. The molecule has 8 heteroatoms. The summed E-state index contributed by atoms with van der Waals surface area (Å²) in [5, 5.41) is 1.97. The van der Waals surface area contributed by atoms with E-state index in [2.05, 4.69) is 4.90 Å². The van der Waals surface area contributed by atoms with Crippen LogP contribution in [0.5, 0.6) is 0 Å². The van der Waals surface area contributed by atoms with Gasteiger partial charge in [0.25, 0.3) is 5.91 Å². The molecule has 4 rings (SSSR count). The Morgan fingerprint density at radius 1 is 1.25 bits per heavy atom. The fourth-order valence-corrected chi connectivity index (χ4v) is 5.35. The number of anilines is 1. The van der Waals surface area contributed by atoms with Gasteiger partial charge >= 0.3 is 0 Å². The van der Waals surface area contributed by atoms with Crippen molar-refractivity contribution in [3.8, 4) is 0 Å². The number of ether oxygens (including phenoxy) is 1. The first kappa shape index (κ1) is 23.2. The second kappa shape index (κ2) is 10.8. The molecule has 168 valence electrons. The summed E-state index contributed by atoms with van der Waals surface area (Å²) in [4.78, 5) is 22.2. The quantitative estimate of drug-likeness (QED) is 0.400. The number of aromatic nitrogens is 1. The standard InChI is InChI=1S/C24H25Cl2N3O2S/c1-17-15-19(25)16-21-23(17)27-24(32-21)29(10-4-9-28-11-13-31-14-12-28)22(30)8-7-18-5-2-3-6-20(18)26/h2-3,5-8,15-16H,4,9-14H2,1H3/b8-7+. The third-order valence-electron chi connectivity index (χ3n) is 5.41. The zero-order chi connectivity index (χ0) is 22.5. The minimum Gasteiger partial charge on any atom is -0.379 e. The molecule has 32 heavy (non-hydrogen) atoms. The summed E-state index contributed by atoms with van der Waals surface area (Å²) in [6.45, 7) is 6.87. The van der Waals surface area contributed by atoms with Gasteiger partial charge in [-0.2, -0.15) is 0 Å². The molecule has 0 unspecified atom stereocenters. The van der Waals surface area contributed by atoms with E-state index < -0.39 is 0 Å². The molecule has 1 aromatic heterocycles. The molecule has 0 aliphatic carbocycles. The lowest BCUT2D eigenvalue weighted by atomic mass is 10.2. The van der Waals surface area contributed by atoms with Crippen LogP contribution in [0.15, 0.2) is 42.5 Å². The van der Waals surface area contributed by atoms with E-state index in [1.165, 1.54) is 11.3 Å². The summed E-state index contributed by atoms with van der Waals surface area (Å²) in [7, 11) is 0. The van der Waals surface area contributed by atoms with Crippen LogP contribution in [-0.2, 0) is 9.53 Å². The third kappa shape index (κ3) is 5.69. The molecule has 2 heterocycles. The van der Waals surface area contributed by atoms with Crippen molar-refractivity contribution in [3.05, 3.63) is 63.6 Å². The van der Waals surface area contributed by atoms with Gasteiger partial charge in [0, 0.05) is 42.3 Å². The van der Waals surface area contributed by atoms with Gasteiger partial charge in [0.05, 0.1) is 23.4 Å². The summed E-state index contributed by atoms with van der Waals surface area (Å²) >= 11 is 14.0. The number of amides is 1. The van der Waals surface area contributed by atoms with E-state index in [1.807, 2.05) is 43.3 Å². The van der Waals surface area contributed by atoms with Crippen LogP contribution in [0.4, 0.5) is 5.13 Å². The molecule has 1 aliphatic rings. The highest BCUT2D eigenvalue weighted by molar-refractivity contribution is 7.22. The number of fused-ring (bicyclic) bond motifs is 1. The zero-order valence-corrected chi connectivity index (χ0v) is 20.2. The first-order chi connectivity index (χ1) is 15.5. The van der Waals surface area contributed by atoms with Crippen molar-refractivity contribution in [2.75, 3.05) is 44.3 Å². The van der Waals surface area contributed by atoms with Crippen molar-refractivity contribution in [1.82, 2.24) is 9.88 Å². The highest BCUT2D eigenvalue weighted by Gasteiger charge is 2.20. The molecular weight excluding hydrogens is 465 g/mol. The van der Waals surface area contributed by atoms with Crippen molar-refractivity contribution in [1.29, 1.82) is 0 Å². The van der Waals surface area contributed by atoms with Crippen molar-refractivity contribution in [3.63, 3.8) is 0 Å². The summed E-state index contributed by atoms with van der Waals surface area (Å²) in [5.74, 6) is -0.116. The molecule has 0 saturated carbocycles. The predicted octanol–water partition coefficient (Wildman–Crippen LogP) is 5.68. The number of benzene rings is 2. The van der Waals surface area contributed by atoms with Crippen LogP contribution in [0.2, 0.25) is 10.0 Å². The monoisotopic (exact) mass is 489 g/mol. The molecule has 1 aliphatic heterocycles. The zero-order valence-electron chi connectivity index (χ0n) is 17.9. The van der Waals surface area contributed by atoms with Gasteiger partial charge in [-0.25, -0.2) is 4.98 Å². The maximum Gasteiger partial charge on any atom is 0.252 e. The Kier molecular flexibility index (Phi) is 7.81. The van der Waals surface area contributed by atoms with Gasteiger partial charge in [-0.15, -0.1) is 0 Å². The molecular formula is C24H25Cl2N3O2S. The Hall–Kier alpha value is -1.96. The van der Waals surface area contributed by atoms with Crippen LogP contribution in [0, 0.1) is 6.92 Å². The third-order valence-corrected chi connectivity index (χ3v) is 6.99. The molecule has 0 bridgehead atoms. The Balaban J connectivity index is 1.56. The number of halogens is 2. The number of aryl methyl sites for hydroxylation is 1. The largest absolute Gasteiger partial charge is 0.379 e. The van der Waals surface area contributed by atoms with Crippen LogP contribution < -0.4 is 4.90 Å². The number of nitrogens with zero attached hydrogens (tertiary/aromatic N) is 3. The second-order valence-corrected chi connectivity index (χ2v) is 9.57. The van der Waals surface area contributed by atoms with Gasteiger partial charge in [-0.1, -0.05) is 52.7 Å². The Morgan fingerprint density at radius 3 is 2.81 bits per heavy atom. The fraction of sp³-hybridized carbons (Fsp3) is 0.333. The number of morpholine rings is 1. The van der Waals surface area contributed by atoms with E-state index in [4.69, 9.17) is 32.9 Å². The molecule has 0 radical (unpaired) electrons. The first-order valence-electron chi connectivity index (χ1n) is 10.6. The molecule has 0 N–H and O–H groups in total. The normalized spacial score (nSPS) is 15.0. The molecule has 2 aromatic carbocycles. The number of rotatable bonds is 7. The predicted molar refractivity (Wildman–Crippen MR) is 134 cm³/mol. The Bertz CT molecular complexity index is 1130. The van der Waals surface area contributed by atoms with Crippen LogP contribution in [0.1, 0.15) is 17.5 Å². The van der Waals surface area contributed by atoms with Crippen LogP contribution in [0.3, 0.4) is 0 Å². The second-order valence-electron chi connectivity index (χ2n) is 7.72. The SMILES string of the molecule is Cc1cc(Cl)cc2sc(N(CCCN3CCOCC3)C(=O)/C=C/c3ccccc3Cl)nc12. The molecule has 5 nitrogen and oxygen atoms in total. The summed E-state index contributed by atoms with van der Waals surface area (Å²) in [6.07, 6.45) is 4.18. The Labute approximate surface area is 202 Å². The maximum atomic E-state index is 13.2. The number of hydrogen-bond acceptors (Lipinski definition) is 5. The van der Waals surface area contributed by atoms with Gasteiger partial charge in [-0.3, -0.25) is 14.6 Å². The highest BCUT2D eigenvalue weighted by atomic mass is 35.5. The average Bonchev–Trinajstić information content (AvgIpc) is 3.20. The molecule has 1 fully saturated rings. The van der Waals surface area contributed by atoms with Gasteiger partial charge in [0.2, 0.25) is 0 Å². The minimum absolute atomic E-state index is 0.116. The van der Waals surface area contributed by atoms with Crippen molar-refractivity contribution >= 4 is 61.9 Å². The summed E-state index contributed by atoms with van der Waals surface area (Å²) < 4.78 is 6.41. The summed E-state index contributed by atoms with van der Waals surface area (Å²) in [5.41, 5.74) is 2.69. The lowest BCUT2D eigenvalue weighted by Gasteiger charge is -2.27. The Morgan fingerprint density at radius 2 is 2.03 bits per heavy atom. The molecule has 0 spiro atoms. The topological polar surface area (TPSA) is 45.7 Å². The van der Waals surface area contributed by atoms with Gasteiger partial charge in [-0.05, 0) is 48.7 Å². The number of hydrogen-bond donors (Lipinski definition) is 0. The van der Waals surface area contributed by atoms with E-state index in [9.17, 15) is 4.79 Å². The van der Waals surface area contributed by atoms with E-state index in [-0.39, 0.29) is 5.91 Å². The molecule has 1 saturated heterocycles. The highest BCUT2D eigenvalue weighted by Crippen LogP contribution is 2.33. The molecule has 0 atom stereocenters. The van der Waals surface area contributed by atoms with Gasteiger partial charge < -0.3 is 4.74 Å². The van der Waals surface area contributed by atoms with Crippen molar-refractivity contribution in [2.45, 2.75) is 13.3 Å². The van der Waals surface area contributed by atoms with Gasteiger partial charge in [0.15, 0.2) is 5.13 Å². The van der Waals surface area contributed by atoms with E-state index in [0.717, 1.165) is 60.6 Å². The van der Waals surface area contributed by atoms with Crippen molar-refractivity contribution in [2.24, 2.45) is 0 Å². The van der Waals surface area contributed by atoms with Crippen LogP contribution >= 0.6 is 34.5 Å². The van der Waals surface area contributed by atoms with Crippen LogP contribution in [0.25, 0.3) is 16.3 Å². The van der Waals surface area contributed by atoms with Crippen molar-refractivity contribution < 1.29 is 9.53 Å². The van der Waals surface area contributed by atoms with E-state index >= 15 is 0 Å². The van der Waals surface area contributed by atoms with E-state index in [1.54, 1.807) is 17.1 Å². The molecule has 3 aromatic rings. The smallest absolute Gasteiger partial charge is 0.252 e. The minimum atomic E-state index is -0.116. The number of thiazole rings is 1. The fourth-order valence-electron chi connectivity index (χ4n) is 3.70. The number of carbonyl (C=O) groups excluding carboxylic acids is 1. The lowest BCUT2D eigenvalue weighted by Crippen LogP contribution is -2.39.